The fourth-order valence-electron chi connectivity index (χ4n) is 0.976. The molecule has 0 atom stereocenters. The molecule has 0 fully saturated rings. The van der Waals surface area contributed by atoms with Crippen LogP contribution >= 0.6 is 11.8 Å². The van der Waals surface area contributed by atoms with Crippen molar-refractivity contribution in [3.8, 4) is 0 Å². The van der Waals surface area contributed by atoms with E-state index < -0.39 is 5.97 Å². The minimum atomic E-state index is -0.402. The molecule has 0 bridgehead atoms. The first-order valence-electron chi connectivity index (χ1n) is 4.15. The maximum Gasteiger partial charge on any atom is 0.340 e. The third kappa shape index (κ3) is 2.38. The molecule has 4 nitrogen and oxygen atoms in total. The average Bonchev–Trinajstić information content (AvgIpc) is 2.20. The number of rotatable bonds is 3. The smallest absolute Gasteiger partial charge is 0.340 e. The lowest BCUT2D eigenvalue weighted by atomic mass is 10.3. The summed E-state index contributed by atoms with van der Waals surface area (Å²) in [6.07, 6.45) is 1.53. The van der Waals surface area contributed by atoms with Crippen molar-refractivity contribution in [3.63, 3.8) is 0 Å². The molecule has 14 heavy (non-hydrogen) atoms. The van der Waals surface area contributed by atoms with Crippen molar-refractivity contribution < 1.29 is 9.53 Å². The summed E-state index contributed by atoms with van der Waals surface area (Å²) in [5.41, 5.74) is 6.43. The van der Waals surface area contributed by atoms with Crippen LogP contribution in [-0.4, -0.2) is 23.8 Å². The molecule has 2 N–H and O–H groups in total. The topological polar surface area (TPSA) is 65.2 Å². The van der Waals surface area contributed by atoms with Crippen LogP contribution in [0.25, 0.3) is 0 Å². The Morgan fingerprint density at radius 2 is 2.43 bits per heavy atom. The van der Waals surface area contributed by atoms with E-state index in [2.05, 4.69) is 9.72 Å². The number of hydrogen-bond acceptors (Lipinski definition) is 5. The van der Waals surface area contributed by atoms with Gasteiger partial charge in [-0.25, -0.2) is 9.78 Å². The van der Waals surface area contributed by atoms with E-state index in [9.17, 15) is 4.79 Å². The van der Waals surface area contributed by atoms with Gasteiger partial charge in [0.1, 0.15) is 5.03 Å². The van der Waals surface area contributed by atoms with Gasteiger partial charge in [0.2, 0.25) is 0 Å². The van der Waals surface area contributed by atoms with Gasteiger partial charge in [-0.1, -0.05) is 6.92 Å². The fraction of sp³-hybridized carbons (Fsp3) is 0.333. The van der Waals surface area contributed by atoms with Crippen LogP contribution < -0.4 is 5.73 Å². The molecule has 0 unspecified atom stereocenters. The molecule has 0 aliphatic carbocycles. The number of nitrogens with zero attached hydrogens (tertiary/aromatic N) is 1. The van der Waals surface area contributed by atoms with Crippen molar-refractivity contribution in [1.82, 2.24) is 4.98 Å². The normalized spacial score (nSPS) is 9.86. The predicted octanol–water partition coefficient (Wildman–Crippen LogP) is 1.56. The third-order valence-electron chi connectivity index (χ3n) is 1.56. The monoisotopic (exact) mass is 212 g/mol. The molecule has 1 aromatic rings. The number of pyridine rings is 1. The molecule has 0 radical (unpaired) electrons. The lowest BCUT2D eigenvalue weighted by Crippen LogP contribution is -2.05. The minimum absolute atomic E-state index is 0.402. The average molecular weight is 212 g/mol. The van der Waals surface area contributed by atoms with Gasteiger partial charge in [0.15, 0.2) is 0 Å². The van der Waals surface area contributed by atoms with E-state index in [-0.39, 0.29) is 0 Å². The van der Waals surface area contributed by atoms with Gasteiger partial charge in [-0.2, -0.15) is 0 Å². The van der Waals surface area contributed by atoms with Crippen LogP contribution in [0.4, 0.5) is 5.69 Å². The Labute approximate surface area is 86.8 Å². The number of carbonyl (C=O) groups excluding carboxylic acids is 1. The SMILES string of the molecule is CCSc1ncc(N)cc1C(=O)OC. The van der Waals surface area contributed by atoms with Crippen molar-refractivity contribution in [1.29, 1.82) is 0 Å². The number of nitrogens with two attached hydrogens (primary N) is 1. The van der Waals surface area contributed by atoms with E-state index in [0.29, 0.717) is 16.3 Å². The Balaban J connectivity index is 3.08. The first-order chi connectivity index (χ1) is 6.69. The van der Waals surface area contributed by atoms with E-state index in [0.717, 1.165) is 5.75 Å². The first-order valence-corrected chi connectivity index (χ1v) is 5.14. The van der Waals surface area contributed by atoms with Crippen LogP contribution in [0.3, 0.4) is 0 Å². The molecule has 5 heteroatoms. The Morgan fingerprint density at radius 1 is 1.71 bits per heavy atom. The first kappa shape index (κ1) is 10.8. The van der Waals surface area contributed by atoms with Crippen molar-refractivity contribution in [2.75, 3.05) is 18.6 Å². The highest BCUT2D eigenvalue weighted by Crippen LogP contribution is 2.22. The molecule has 0 spiro atoms. The summed E-state index contributed by atoms with van der Waals surface area (Å²) >= 11 is 1.49. The van der Waals surface area contributed by atoms with E-state index >= 15 is 0 Å². The van der Waals surface area contributed by atoms with Gasteiger partial charge in [0.25, 0.3) is 0 Å². The second kappa shape index (κ2) is 4.85. The van der Waals surface area contributed by atoms with Gasteiger partial charge < -0.3 is 10.5 Å². The Morgan fingerprint density at radius 3 is 3.00 bits per heavy atom. The summed E-state index contributed by atoms with van der Waals surface area (Å²) in [7, 11) is 1.34. The van der Waals surface area contributed by atoms with Gasteiger partial charge in [0.05, 0.1) is 24.6 Å². The van der Waals surface area contributed by atoms with Crippen molar-refractivity contribution >= 4 is 23.4 Å². The molecule has 1 heterocycles. The largest absolute Gasteiger partial charge is 0.465 e. The molecular formula is C9H12N2O2S. The number of hydrogen-bond donors (Lipinski definition) is 1. The van der Waals surface area contributed by atoms with Gasteiger partial charge >= 0.3 is 5.97 Å². The molecule has 0 aliphatic heterocycles. The maximum absolute atomic E-state index is 11.3. The quantitative estimate of drug-likeness (QED) is 0.608. The molecule has 0 amide bonds. The number of carbonyl (C=O) groups is 1. The van der Waals surface area contributed by atoms with Gasteiger partial charge in [-0.3, -0.25) is 0 Å². The number of ether oxygens (including phenoxy) is 1. The van der Waals surface area contributed by atoms with Crippen molar-refractivity contribution in [2.45, 2.75) is 11.9 Å². The second-order valence-corrected chi connectivity index (χ2v) is 3.80. The van der Waals surface area contributed by atoms with Crippen LogP contribution in [0.2, 0.25) is 0 Å². The highest BCUT2D eigenvalue weighted by atomic mass is 32.2. The van der Waals surface area contributed by atoms with E-state index in [1.54, 1.807) is 6.07 Å². The summed E-state index contributed by atoms with van der Waals surface area (Å²) in [4.78, 5) is 15.4. The zero-order valence-corrected chi connectivity index (χ0v) is 8.93. The molecule has 0 aromatic carbocycles. The summed E-state index contributed by atoms with van der Waals surface area (Å²) in [6, 6.07) is 1.58. The van der Waals surface area contributed by atoms with Crippen LogP contribution in [0.15, 0.2) is 17.3 Å². The van der Waals surface area contributed by atoms with Gasteiger partial charge in [0, 0.05) is 0 Å². The zero-order chi connectivity index (χ0) is 10.6. The van der Waals surface area contributed by atoms with Crippen LogP contribution in [0, 0.1) is 0 Å². The number of anilines is 1. The Bertz CT molecular complexity index is 342. The molecule has 76 valence electrons. The molecule has 0 saturated carbocycles. The number of nitrogen functional groups attached to an aromatic ring is 1. The molecule has 1 rings (SSSR count). The minimum Gasteiger partial charge on any atom is -0.465 e. The Kier molecular flexibility index (Phi) is 3.76. The third-order valence-corrected chi connectivity index (χ3v) is 2.45. The van der Waals surface area contributed by atoms with Crippen molar-refractivity contribution in [3.05, 3.63) is 17.8 Å². The molecule has 0 aliphatic rings. The van der Waals surface area contributed by atoms with E-state index in [1.807, 2.05) is 6.92 Å². The standard InChI is InChI=1S/C9H12N2O2S/c1-3-14-8-7(9(12)13-2)4-6(10)5-11-8/h4-5H,3,10H2,1-2H3. The predicted molar refractivity (Wildman–Crippen MR) is 56.4 cm³/mol. The summed E-state index contributed by atoms with van der Waals surface area (Å²) in [5, 5.41) is 0.661. The molecule has 1 aromatic heterocycles. The highest BCUT2D eigenvalue weighted by molar-refractivity contribution is 7.99. The van der Waals surface area contributed by atoms with E-state index in [1.165, 1.54) is 25.1 Å². The van der Waals surface area contributed by atoms with Crippen LogP contribution in [-0.2, 0) is 4.74 Å². The number of aromatic nitrogens is 1. The van der Waals surface area contributed by atoms with Gasteiger partial charge in [-0.05, 0) is 11.8 Å². The highest BCUT2D eigenvalue weighted by Gasteiger charge is 2.13. The molecule has 0 saturated heterocycles. The number of thioether (sulfide) groups is 1. The maximum atomic E-state index is 11.3. The summed E-state index contributed by atoms with van der Waals surface area (Å²) in [5.74, 6) is 0.446. The zero-order valence-electron chi connectivity index (χ0n) is 8.11. The lowest BCUT2D eigenvalue weighted by molar-refractivity contribution is 0.0596. The fourth-order valence-corrected chi connectivity index (χ4v) is 1.67. The number of methoxy groups -OCH3 is 1. The Hall–Kier alpha value is -1.23. The summed E-state index contributed by atoms with van der Waals surface area (Å²) < 4.78 is 4.63. The van der Waals surface area contributed by atoms with Gasteiger partial charge in [-0.15, -0.1) is 11.8 Å². The van der Waals surface area contributed by atoms with E-state index in [4.69, 9.17) is 5.73 Å². The second-order valence-electron chi connectivity index (χ2n) is 2.55. The van der Waals surface area contributed by atoms with Crippen LogP contribution in [0.5, 0.6) is 0 Å². The van der Waals surface area contributed by atoms with Crippen LogP contribution in [0.1, 0.15) is 17.3 Å². The molecular weight excluding hydrogens is 200 g/mol. The summed E-state index contributed by atoms with van der Waals surface area (Å²) in [6.45, 7) is 1.99. The lowest BCUT2D eigenvalue weighted by Gasteiger charge is -2.05. The number of esters is 1. The van der Waals surface area contributed by atoms with Crippen molar-refractivity contribution in [2.24, 2.45) is 0 Å².